The minimum Gasteiger partial charge on any atom is -0.394 e. The van der Waals surface area contributed by atoms with Crippen molar-refractivity contribution in [3.8, 4) is 0 Å². The molecule has 0 aliphatic heterocycles. The van der Waals surface area contributed by atoms with E-state index < -0.39 is 6.10 Å². The first kappa shape index (κ1) is 11.0. The average molecular weight is 188 g/mol. The van der Waals surface area contributed by atoms with Crippen molar-refractivity contribution in [1.29, 1.82) is 0 Å². The third kappa shape index (κ3) is 4.60. The van der Waals surface area contributed by atoms with Crippen LogP contribution in [0.4, 0.5) is 0 Å². The number of hydrogen-bond donors (Lipinski definition) is 2. The average Bonchev–Trinajstić information content (AvgIpc) is 2.19. The Morgan fingerprint density at radius 1 is 1.23 bits per heavy atom. The molecular weight excluding hydrogens is 168 g/mol. The second kappa shape index (κ2) is 6.35. The molecule has 1 rings (SSSR count). The fraction of sp³-hybridized carbons (Fsp3) is 1.00. The molecule has 0 amide bonds. The van der Waals surface area contributed by atoms with Crippen molar-refractivity contribution >= 4 is 0 Å². The van der Waals surface area contributed by atoms with E-state index in [4.69, 9.17) is 14.9 Å². The van der Waals surface area contributed by atoms with Gasteiger partial charge in [-0.15, -0.1) is 0 Å². The summed E-state index contributed by atoms with van der Waals surface area (Å²) in [7, 11) is 0. The number of ether oxygens (including phenoxy) is 1. The highest BCUT2D eigenvalue weighted by Gasteiger charge is 2.13. The highest BCUT2D eigenvalue weighted by molar-refractivity contribution is 4.65. The smallest absolute Gasteiger partial charge is 0.100 e. The van der Waals surface area contributed by atoms with Gasteiger partial charge in [0.1, 0.15) is 6.10 Å². The van der Waals surface area contributed by atoms with Crippen molar-refractivity contribution in [3.05, 3.63) is 0 Å². The molecule has 0 aromatic carbocycles. The minimum absolute atomic E-state index is 0.204. The SMILES string of the molecule is OC[C@H](O)COCC1CCCCC1. The third-order valence-electron chi connectivity index (χ3n) is 2.60. The summed E-state index contributed by atoms with van der Waals surface area (Å²) < 4.78 is 5.32. The topological polar surface area (TPSA) is 49.7 Å². The zero-order valence-corrected chi connectivity index (χ0v) is 8.11. The van der Waals surface area contributed by atoms with E-state index in [9.17, 15) is 0 Å². The van der Waals surface area contributed by atoms with Crippen LogP contribution < -0.4 is 0 Å². The normalized spacial score (nSPS) is 21.7. The van der Waals surface area contributed by atoms with Crippen molar-refractivity contribution in [2.24, 2.45) is 5.92 Å². The molecule has 78 valence electrons. The molecule has 0 aromatic rings. The van der Waals surface area contributed by atoms with Gasteiger partial charge in [0.25, 0.3) is 0 Å². The van der Waals surface area contributed by atoms with E-state index in [-0.39, 0.29) is 13.2 Å². The summed E-state index contributed by atoms with van der Waals surface area (Å²) >= 11 is 0. The maximum absolute atomic E-state index is 9.01. The summed E-state index contributed by atoms with van der Waals surface area (Å²) in [6.07, 6.45) is 5.80. The highest BCUT2D eigenvalue weighted by atomic mass is 16.5. The van der Waals surface area contributed by atoms with Gasteiger partial charge >= 0.3 is 0 Å². The van der Waals surface area contributed by atoms with Crippen molar-refractivity contribution in [1.82, 2.24) is 0 Å². The van der Waals surface area contributed by atoms with Crippen LogP contribution in [0.25, 0.3) is 0 Å². The third-order valence-corrected chi connectivity index (χ3v) is 2.60. The van der Waals surface area contributed by atoms with Crippen LogP contribution in [0.1, 0.15) is 32.1 Å². The molecule has 3 nitrogen and oxygen atoms in total. The summed E-state index contributed by atoms with van der Waals surface area (Å²) in [6.45, 7) is 0.814. The first-order chi connectivity index (χ1) is 6.33. The Morgan fingerprint density at radius 3 is 2.54 bits per heavy atom. The predicted molar refractivity (Wildman–Crippen MR) is 50.5 cm³/mol. The second-order valence-corrected chi connectivity index (χ2v) is 3.88. The van der Waals surface area contributed by atoms with Crippen LogP contribution in [-0.2, 0) is 4.74 Å². The lowest BCUT2D eigenvalue weighted by atomic mass is 9.90. The van der Waals surface area contributed by atoms with Crippen LogP contribution in [0.5, 0.6) is 0 Å². The predicted octanol–water partition coefficient (Wildman–Crippen LogP) is 0.936. The minimum atomic E-state index is -0.705. The van der Waals surface area contributed by atoms with Crippen LogP contribution in [0.15, 0.2) is 0 Å². The van der Waals surface area contributed by atoms with Gasteiger partial charge in [-0.3, -0.25) is 0 Å². The summed E-state index contributed by atoms with van der Waals surface area (Å²) in [5.41, 5.74) is 0. The first-order valence-electron chi connectivity index (χ1n) is 5.19. The molecule has 0 spiro atoms. The molecule has 3 heteroatoms. The Balaban J connectivity index is 1.98. The van der Waals surface area contributed by atoms with Gasteiger partial charge in [-0.2, -0.15) is 0 Å². The molecule has 1 fully saturated rings. The van der Waals surface area contributed by atoms with E-state index in [1.807, 2.05) is 0 Å². The number of aliphatic hydroxyl groups excluding tert-OH is 2. The fourth-order valence-electron chi connectivity index (χ4n) is 1.78. The summed E-state index contributed by atoms with van der Waals surface area (Å²) in [5.74, 6) is 0.680. The molecule has 0 saturated heterocycles. The number of aliphatic hydroxyl groups is 2. The highest BCUT2D eigenvalue weighted by Crippen LogP contribution is 2.23. The monoisotopic (exact) mass is 188 g/mol. The molecule has 1 aliphatic carbocycles. The standard InChI is InChI=1S/C10H20O3/c11-6-10(12)8-13-7-9-4-2-1-3-5-9/h9-12H,1-8H2/t10-/m0/s1. The Labute approximate surface area is 79.7 Å². The van der Waals surface area contributed by atoms with E-state index >= 15 is 0 Å². The molecule has 0 heterocycles. The summed E-state index contributed by atoms with van der Waals surface area (Å²) in [6, 6.07) is 0. The van der Waals surface area contributed by atoms with Crippen LogP contribution in [-0.4, -0.2) is 36.1 Å². The lowest BCUT2D eigenvalue weighted by Gasteiger charge is -2.21. The zero-order valence-electron chi connectivity index (χ0n) is 8.11. The number of hydrogen-bond acceptors (Lipinski definition) is 3. The van der Waals surface area contributed by atoms with Crippen LogP contribution in [0.3, 0.4) is 0 Å². The zero-order chi connectivity index (χ0) is 9.52. The van der Waals surface area contributed by atoms with Gasteiger partial charge in [0.05, 0.1) is 13.2 Å². The molecule has 1 saturated carbocycles. The van der Waals surface area contributed by atoms with Crippen molar-refractivity contribution < 1.29 is 14.9 Å². The Morgan fingerprint density at radius 2 is 1.92 bits per heavy atom. The summed E-state index contributed by atoms with van der Waals surface area (Å²) in [4.78, 5) is 0. The fourth-order valence-corrected chi connectivity index (χ4v) is 1.78. The van der Waals surface area contributed by atoms with Crippen molar-refractivity contribution in [2.75, 3.05) is 19.8 Å². The molecule has 13 heavy (non-hydrogen) atoms. The van der Waals surface area contributed by atoms with Crippen LogP contribution in [0.2, 0.25) is 0 Å². The van der Waals surface area contributed by atoms with Gasteiger partial charge in [-0.25, -0.2) is 0 Å². The van der Waals surface area contributed by atoms with Gasteiger partial charge in [0, 0.05) is 6.61 Å². The van der Waals surface area contributed by atoms with Crippen LogP contribution >= 0.6 is 0 Å². The quantitative estimate of drug-likeness (QED) is 0.675. The van der Waals surface area contributed by atoms with Gasteiger partial charge in [0.2, 0.25) is 0 Å². The Kier molecular flexibility index (Phi) is 5.35. The number of rotatable bonds is 5. The lowest BCUT2D eigenvalue weighted by molar-refractivity contribution is -0.00829. The maximum Gasteiger partial charge on any atom is 0.100 e. The molecule has 0 aromatic heterocycles. The van der Waals surface area contributed by atoms with Gasteiger partial charge in [-0.1, -0.05) is 19.3 Å². The maximum atomic E-state index is 9.01. The van der Waals surface area contributed by atoms with Crippen molar-refractivity contribution in [3.63, 3.8) is 0 Å². The van der Waals surface area contributed by atoms with E-state index in [2.05, 4.69) is 0 Å². The molecule has 1 atom stereocenters. The molecule has 0 unspecified atom stereocenters. The summed E-state index contributed by atoms with van der Waals surface area (Å²) in [5, 5.41) is 17.6. The first-order valence-corrected chi connectivity index (χ1v) is 5.19. The molecule has 1 aliphatic rings. The molecular formula is C10H20O3. The Bertz CT molecular complexity index is 121. The van der Waals surface area contributed by atoms with Crippen molar-refractivity contribution in [2.45, 2.75) is 38.2 Å². The van der Waals surface area contributed by atoms with Crippen LogP contribution in [0, 0.1) is 5.92 Å². The van der Waals surface area contributed by atoms with E-state index in [1.54, 1.807) is 0 Å². The largest absolute Gasteiger partial charge is 0.394 e. The van der Waals surface area contributed by atoms with Gasteiger partial charge in [-0.05, 0) is 18.8 Å². The second-order valence-electron chi connectivity index (χ2n) is 3.88. The molecule has 0 radical (unpaired) electrons. The van der Waals surface area contributed by atoms with E-state index in [0.717, 1.165) is 6.61 Å². The van der Waals surface area contributed by atoms with E-state index in [1.165, 1.54) is 32.1 Å². The Hall–Kier alpha value is -0.120. The lowest BCUT2D eigenvalue weighted by Crippen LogP contribution is -2.22. The van der Waals surface area contributed by atoms with Gasteiger partial charge < -0.3 is 14.9 Å². The molecule has 2 N–H and O–H groups in total. The molecule has 0 bridgehead atoms. The van der Waals surface area contributed by atoms with E-state index in [0.29, 0.717) is 5.92 Å². The van der Waals surface area contributed by atoms with Gasteiger partial charge in [0.15, 0.2) is 0 Å².